The second-order valence-corrected chi connectivity index (χ2v) is 14.8. The number of nitrogens with zero attached hydrogens (tertiary/aromatic N) is 2. The van der Waals surface area contributed by atoms with Crippen molar-refractivity contribution in [2.24, 2.45) is 0 Å². The molecule has 10 rings (SSSR count). The summed E-state index contributed by atoms with van der Waals surface area (Å²) in [4.78, 5) is 4.99. The van der Waals surface area contributed by atoms with E-state index in [1.807, 2.05) is 0 Å². The van der Waals surface area contributed by atoms with E-state index < -0.39 is 0 Å². The highest BCUT2D eigenvalue weighted by atomic mass is 16.3. The Balaban J connectivity index is 1.34. The van der Waals surface area contributed by atoms with Gasteiger partial charge in [0.25, 0.3) is 6.71 Å². The Morgan fingerprint density at radius 3 is 2.15 bits per heavy atom. The van der Waals surface area contributed by atoms with Crippen molar-refractivity contribution in [3.8, 4) is 0 Å². The summed E-state index contributed by atoms with van der Waals surface area (Å²) in [6, 6.07) is 37.8. The Morgan fingerprint density at radius 2 is 1.33 bits per heavy atom. The Labute approximate surface area is 281 Å². The number of furan rings is 2. The number of para-hydroxylation sites is 4. The van der Waals surface area contributed by atoms with E-state index in [4.69, 9.17) is 8.83 Å². The lowest BCUT2D eigenvalue weighted by Gasteiger charge is -2.43. The standard InChI is InChI=1S/C43H37BN2O2/c1-26-14-12-18-29-30-19-13-22-34(41(30)48-40(26)29)46-33-21-10-9-20-32(33)44-38-35(24-27(25-36(38)46)43(2,3)4)45(28-15-6-5-7-16-28)39-31-17-8-11-23-37(31)47-42(39)44/h5-7,9-10,12-16,18-22,24-25H,8,11,17,23H2,1-4H3. The van der Waals surface area contributed by atoms with Crippen LogP contribution < -0.4 is 26.4 Å². The SMILES string of the molecule is Cc1cccc2c1oc1c(N3c4ccccc4B4c5oc6c(c5N(c5ccccc5)c5cc(C(C)(C)C)cc3c54)CCCC6)cccc12. The van der Waals surface area contributed by atoms with E-state index in [9.17, 15) is 0 Å². The highest BCUT2D eigenvalue weighted by Crippen LogP contribution is 2.50. The van der Waals surface area contributed by atoms with Crippen LogP contribution in [0.3, 0.4) is 0 Å². The minimum Gasteiger partial charge on any atom is -0.473 e. The predicted molar refractivity (Wildman–Crippen MR) is 200 cm³/mol. The zero-order chi connectivity index (χ0) is 32.3. The van der Waals surface area contributed by atoms with Crippen molar-refractivity contribution in [1.82, 2.24) is 0 Å². The zero-order valence-corrected chi connectivity index (χ0v) is 27.9. The number of hydrogen-bond acceptors (Lipinski definition) is 4. The fraction of sp³-hybridized carbons (Fsp3) is 0.209. The summed E-state index contributed by atoms with van der Waals surface area (Å²) >= 11 is 0. The molecule has 0 amide bonds. The van der Waals surface area contributed by atoms with E-state index in [1.165, 1.54) is 69.1 Å². The highest BCUT2D eigenvalue weighted by molar-refractivity contribution is 6.99. The molecule has 0 fully saturated rings. The van der Waals surface area contributed by atoms with Gasteiger partial charge in [-0.05, 0) is 90.1 Å². The molecule has 0 atom stereocenters. The zero-order valence-electron chi connectivity index (χ0n) is 27.9. The van der Waals surface area contributed by atoms with Gasteiger partial charge in [0.05, 0.1) is 17.0 Å². The monoisotopic (exact) mass is 624 g/mol. The van der Waals surface area contributed by atoms with Gasteiger partial charge in [-0.3, -0.25) is 0 Å². The number of aryl methyl sites for hydroxylation is 2. The summed E-state index contributed by atoms with van der Waals surface area (Å²) in [6.07, 6.45) is 4.41. The number of fused-ring (bicyclic) bond motifs is 9. The molecule has 0 saturated heterocycles. The van der Waals surface area contributed by atoms with E-state index in [0.717, 1.165) is 51.7 Å². The average molecular weight is 625 g/mol. The Hall–Kier alpha value is -5.16. The molecular weight excluding hydrogens is 587 g/mol. The van der Waals surface area contributed by atoms with Gasteiger partial charge in [0.15, 0.2) is 5.58 Å². The maximum Gasteiger partial charge on any atom is 0.297 e. The molecule has 3 aliphatic rings. The Morgan fingerprint density at radius 1 is 0.646 bits per heavy atom. The normalized spacial score (nSPS) is 15.0. The highest BCUT2D eigenvalue weighted by Gasteiger charge is 2.48. The van der Waals surface area contributed by atoms with Crippen LogP contribution in [0.4, 0.5) is 34.1 Å². The minimum atomic E-state index is -0.0788. The molecule has 0 radical (unpaired) electrons. The van der Waals surface area contributed by atoms with Crippen LogP contribution in [0.25, 0.3) is 21.9 Å². The van der Waals surface area contributed by atoms with Gasteiger partial charge in [-0.25, -0.2) is 0 Å². The molecule has 5 heteroatoms. The van der Waals surface area contributed by atoms with Gasteiger partial charge in [-0.15, -0.1) is 0 Å². The summed E-state index contributed by atoms with van der Waals surface area (Å²) in [5, 5.41) is 2.29. The number of benzene rings is 5. The van der Waals surface area contributed by atoms with Crippen molar-refractivity contribution in [1.29, 1.82) is 0 Å². The first-order chi connectivity index (χ1) is 23.4. The van der Waals surface area contributed by atoms with Gasteiger partial charge in [0.2, 0.25) is 0 Å². The lowest BCUT2D eigenvalue weighted by molar-refractivity contribution is 0.497. The maximum absolute atomic E-state index is 7.07. The summed E-state index contributed by atoms with van der Waals surface area (Å²) in [5.41, 5.74) is 16.3. The fourth-order valence-corrected chi connectivity index (χ4v) is 8.57. The van der Waals surface area contributed by atoms with Gasteiger partial charge in [0, 0.05) is 45.5 Å². The number of rotatable bonds is 2. The van der Waals surface area contributed by atoms with Gasteiger partial charge in [0.1, 0.15) is 11.3 Å². The predicted octanol–water partition coefficient (Wildman–Crippen LogP) is 9.75. The molecule has 4 nitrogen and oxygen atoms in total. The maximum atomic E-state index is 7.07. The van der Waals surface area contributed by atoms with Crippen LogP contribution in [-0.2, 0) is 18.3 Å². The lowest BCUT2D eigenvalue weighted by atomic mass is 9.35. The van der Waals surface area contributed by atoms with Crippen LogP contribution in [-0.4, -0.2) is 6.71 Å². The smallest absolute Gasteiger partial charge is 0.297 e. The van der Waals surface area contributed by atoms with Gasteiger partial charge < -0.3 is 18.6 Å². The van der Waals surface area contributed by atoms with Gasteiger partial charge >= 0.3 is 0 Å². The molecule has 4 heterocycles. The van der Waals surface area contributed by atoms with Crippen molar-refractivity contribution >= 4 is 79.4 Å². The fourth-order valence-electron chi connectivity index (χ4n) is 8.57. The summed E-state index contributed by atoms with van der Waals surface area (Å²) in [7, 11) is 0. The van der Waals surface area contributed by atoms with Crippen molar-refractivity contribution in [2.45, 2.75) is 58.8 Å². The molecule has 1 aliphatic carbocycles. The molecule has 0 saturated carbocycles. The molecule has 7 aromatic rings. The van der Waals surface area contributed by atoms with Gasteiger partial charge in [-0.1, -0.05) is 87.5 Å². The van der Waals surface area contributed by atoms with Crippen molar-refractivity contribution in [2.75, 3.05) is 9.80 Å². The van der Waals surface area contributed by atoms with E-state index >= 15 is 0 Å². The largest absolute Gasteiger partial charge is 0.473 e. The molecule has 5 aromatic carbocycles. The molecule has 0 N–H and O–H groups in total. The van der Waals surface area contributed by atoms with Crippen molar-refractivity contribution in [3.05, 3.63) is 126 Å². The van der Waals surface area contributed by atoms with E-state index in [1.54, 1.807) is 0 Å². The van der Waals surface area contributed by atoms with Crippen LogP contribution in [0, 0.1) is 6.92 Å². The van der Waals surface area contributed by atoms with Crippen molar-refractivity contribution in [3.63, 3.8) is 0 Å². The summed E-state index contributed by atoms with van der Waals surface area (Å²) < 4.78 is 13.9. The topological polar surface area (TPSA) is 32.8 Å². The van der Waals surface area contributed by atoms with Crippen LogP contribution in [0.2, 0.25) is 0 Å². The molecule has 0 bridgehead atoms. The molecule has 234 valence electrons. The molecule has 2 aliphatic heterocycles. The second-order valence-electron chi connectivity index (χ2n) is 14.8. The molecule has 0 unspecified atom stereocenters. The van der Waals surface area contributed by atoms with E-state index in [2.05, 4.69) is 141 Å². The quantitative estimate of drug-likeness (QED) is 0.179. The lowest BCUT2D eigenvalue weighted by Crippen LogP contribution is -2.61. The average Bonchev–Trinajstić information content (AvgIpc) is 3.68. The third kappa shape index (κ3) is 3.79. The van der Waals surface area contributed by atoms with Crippen molar-refractivity contribution < 1.29 is 8.83 Å². The molecular formula is C43H37BN2O2. The first kappa shape index (κ1) is 27.9. The molecule has 2 aromatic heterocycles. The number of anilines is 6. The third-order valence-electron chi connectivity index (χ3n) is 10.9. The van der Waals surface area contributed by atoms with Gasteiger partial charge in [-0.2, -0.15) is 0 Å². The first-order valence-electron chi connectivity index (χ1n) is 17.4. The molecule has 0 spiro atoms. The van der Waals surface area contributed by atoms with Crippen LogP contribution in [0.1, 0.15) is 56.1 Å². The number of hydrogen-bond donors (Lipinski definition) is 0. The van der Waals surface area contributed by atoms with Crippen LogP contribution in [0.15, 0.2) is 112 Å². The van der Waals surface area contributed by atoms with E-state index in [-0.39, 0.29) is 12.1 Å². The Kier molecular flexibility index (Phi) is 5.77. The third-order valence-corrected chi connectivity index (χ3v) is 10.9. The van der Waals surface area contributed by atoms with E-state index in [0.29, 0.717) is 0 Å². The van der Waals surface area contributed by atoms with Crippen LogP contribution in [0.5, 0.6) is 0 Å². The first-order valence-corrected chi connectivity index (χ1v) is 17.4. The second kappa shape index (κ2) is 9.93. The summed E-state index contributed by atoms with van der Waals surface area (Å²) in [6.45, 7) is 9.08. The van der Waals surface area contributed by atoms with Crippen LogP contribution >= 0.6 is 0 Å². The Bertz CT molecular complexity index is 2430. The molecule has 48 heavy (non-hydrogen) atoms. The summed E-state index contributed by atoms with van der Waals surface area (Å²) in [5.74, 6) is 1.17. The minimum absolute atomic E-state index is 0.0193.